The van der Waals surface area contributed by atoms with E-state index in [1.165, 1.54) is 82.0 Å². The van der Waals surface area contributed by atoms with Gasteiger partial charge in [-0.3, -0.25) is 0 Å². The van der Waals surface area contributed by atoms with Crippen LogP contribution in [0.5, 0.6) is 0 Å². The zero-order valence-corrected chi connectivity index (χ0v) is 25.1. The first kappa shape index (κ1) is 25.2. The first-order valence-corrected chi connectivity index (χ1v) is 15.9. The highest BCUT2D eigenvalue weighted by atomic mass is 15.0. The molecule has 0 aliphatic rings. The van der Waals surface area contributed by atoms with Crippen molar-refractivity contribution in [1.82, 2.24) is 9.13 Å². The molecule has 10 aromatic rings. The first-order chi connectivity index (χ1) is 22.8. The number of aromatic nitrogens is 2. The van der Waals surface area contributed by atoms with Crippen molar-refractivity contribution in [3.63, 3.8) is 0 Å². The lowest BCUT2D eigenvalue weighted by molar-refractivity contribution is 1.17. The fourth-order valence-corrected chi connectivity index (χ4v) is 7.54. The standard InChI is InChI=1S/C44H28N2/c1-2-12-32-26-33(21-20-29(32)10-1)30-22-24-34(25-23-30)45-41-17-7-5-15-36(41)38-27-39-37-16-6-8-18-42(37)46(44(39)28-43(38)45)40-19-9-13-31-11-3-4-14-35(31)40/h1-28H. The molecule has 2 aromatic heterocycles. The van der Waals surface area contributed by atoms with Crippen LogP contribution in [0.4, 0.5) is 0 Å². The Labute approximate surface area is 266 Å². The zero-order chi connectivity index (χ0) is 30.2. The number of para-hydroxylation sites is 2. The van der Waals surface area contributed by atoms with Crippen molar-refractivity contribution in [2.75, 3.05) is 0 Å². The fourth-order valence-electron chi connectivity index (χ4n) is 7.54. The molecule has 2 nitrogen and oxygen atoms in total. The van der Waals surface area contributed by atoms with Gasteiger partial charge in [-0.05, 0) is 75.8 Å². The van der Waals surface area contributed by atoms with Crippen LogP contribution in [-0.4, -0.2) is 9.13 Å². The Balaban J connectivity index is 1.24. The van der Waals surface area contributed by atoms with Crippen LogP contribution in [0.25, 0.3) is 87.7 Å². The lowest BCUT2D eigenvalue weighted by Gasteiger charge is -2.13. The van der Waals surface area contributed by atoms with E-state index in [1.807, 2.05) is 0 Å². The third-order valence-corrected chi connectivity index (χ3v) is 9.68. The summed E-state index contributed by atoms with van der Waals surface area (Å²) in [4.78, 5) is 0. The molecule has 0 amide bonds. The van der Waals surface area contributed by atoms with Crippen molar-refractivity contribution < 1.29 is 0 Å². The van der Waals surface area contributed by atoms with E-state index < -0.39 is 0 Å². The Hall–Kier alpha value is -6.12. The van der Waals surface area contributed by atoms with Gasteiger partial charge in [-0.15, -0.1) is 0 Å². The summed E-state index contributed by atoms with van der Waals surface area (Å²) in [7, 11) is 0. The van der Waals surface area contributed by atoms with E-state index in [4.69, 9.17) is 0 Å². The van der Waals surface area contributed by atoms with E-state index in [0.29, 0.717) is 0 Å². The molecule has 0 spiro atoms. The van der Waals surface area contributed by atoms with E-state index in [0.717, 1.165) is 5.69 Å². The van der Waals surface area contributed by atoms with Gasteiger partial charge in [0.1, 0.15) is 0 Å². The molecule has 0 aliphatic heterocycles. The van der Waals surface area contributed by atoms with Gasteiger partial charge in [0.05, 0.1) is 27.8 Å². The third-order valence-electron chi connectivity index (χ3n) is 9.68. The predicted octanol–water partition coefficient (Wildman–Crippen LogP) is 11.9. The summed E-state index contributed by atoms with van der Waals surface area (Å²) in [6.45, 7) is 0. The average Bonchev–Trinajstić information content (AvgIpc) is 3.62. The summed E-state index contributed by atoms with van der Waals surface area (Å²) in [5.41, 5.74) is 9.65. The maximum atomic E-state index is 2.46. The molecule has 2 heteroatoms. The average molecular weight is 585 g/mol. The molecule has 0 saturated carbocycles. The first-order valence-electron chi connectivity index (χ1n) is 15.9. The van der Waals surface area contributed by atoms with Crippen LogP contribution in [0.15, 0.2) is 170 Å². The van der Waals surface area contributed by atoms with Crippen molar-refractivity contribution in [3.05, 3.63) is 170 Å². The number of hydrogen-bond acceptors (Lipinski definition) is 0. The minimum atomic E-state index is 1.16. The van der Waals surface area contributed by atoms with Crippen LogP contribution < -0.4 is 0 Å². The van der Waals surface area contributed by atoms with Crippen LogP contribution in [0.1, 0.15) is 0 Å². The van der Waals surface area contributed by atoms with E-state index in [-0.39, 0.29) is 0 Å². The normalized spacial score (nSPS) is 11.9. The van der Waals surface area contributed by atoms with Gasteiger partial charge in [0.15, 0.2) is 0 Å². The zero-order valence-electron chi connectivity index (χ0n) is 25.1. The van der Waals surface area contributed by atoms with E-state index >= 15 is 0 Å². The van der Waals surface area contributed by atoms with Gasteiger partial charge < -0.3 is 9.13 Å². The summed E-state index contributed by atoms with van der Waals surface area (Å²) in [6, 6.07) is 62.0. The molecular formula is C44H28N2. The van der Waals surface area contributed by atoms with Gasteiger partial charge in [0, 0.05) is 32.6 Å². The van der Waals surface area contributed by atoms with E-state index in [9.17, 15) is 0 Å². The van der Waals surface area contributed by atoms with Crippen LogP contribution >= 0.6 is 0 Å². The Morgan fingerprint density at radius 1 is 0.283 bits per heavy atom. The van der Waals surface area contributed by atoms with E-state index in [2.05, 4.69) is 179 Å². The van der Waals surface area contributed by atoms with Crippen molar-refractivity contribution in [2.45, 2.75) is 0 Å². The van der Waals surface area contributed by atoms with Crippen LogP contribution in [0, 0.1) is 0 Å². The quantitative estimate of drug-likeness (QED) is 0.195. The summed E-state index contributed by atoms with van der Waals surface area (Å²) < 4.78 is 4.89. The van der Waals surface area contributed by atoms with Crippen molar-refractivity contribution in [3.8, 4) is 22.5 Å². The van der Waals surface area contributed by atoms with Gasteiger partial charge in [0.2, 0.25) is 0 Å². The molecule has 0 saturated heterocycles. The van der Waals surface area contributed by atoms with Crippen molar-refractivity contribution in [1.29, 1.82) is 0 Å². The molecule has 0 N–H and O–H groups in total. The van der Waals surface area contributed by atoms with Gasteiger partial charge in [-0.1, -0.05) is 121 Å². The highest BCUT2D eigenvalue weighted by Crippen LogP contribution is 2.40. The van der Waals surface area contributed by atoms with E-state index in [1.54, 1.807) is 0 Å². The Morgan fingerprint density at radius 3 is 1.61 bits per heavy atom. The van der Waals surface area contributed by atoms with Crippen LogP contribution in [0.2, 0.25) is 0 Å². The van der Waals surface area contributed by atoms with Crippen molar-refractivity contribution >= 4 is 65.2 Å². The molecule has 0 unspecified atom stereocenters. The molecule has 10 rings (SSSR count). The Morgan fingerprint density at radius 2 is 0.848 bits per heavy atom. The van der Waals surface area contributed by atoms with Gasteiger partial charge in [0.25, 0.3) is 0 Å². The number of nitrogens with zero attached hydrogens (tertiary/aromatic N) is 2. The minimum absolute atomic E-state index is 1.16. The maximum absolute atomic E-state index is 2.46. The summed E-state index contributed by atoms with van der Waals surface area (Å²) >= 11 is 0. The monoisotopic (exact) mass is 584 g/mol. The van der Waals surface area contributed by atoms with Gasteiger partial charge in [-0.25, -0.2) is 0 Å². The number of rotatable bonds is 3. The number of hydrogen-bond donors (Lipinski definition) is 0. The second kappa shape index (κ2) is 9.69. The number of benzene rings is 8. The smallest absolute Gasteiger partial charge is 0.0562 e. The number of fused-ring (bicyclic) bond motifs is 8. The molecule has 46 heavy (non-hydrogen) atoms. The highest BCUT2D eigenvalue weighted by Gasteiger charge is 2.19. The molecular weight excluding hydrogens is 556 g/mol. The SMILES string of the molecule is c1ccc2cc(-c3ccc(-n4c5ccccc5c5cc6c7ccccc7n(-c7cccc8ccccc78)c6cc54)cc3)ccc2c1. The molecule has 0 atom stereocenters. The lowest BCUT2D eigenvalue weighted by atomic mass is 10.0. The molecule has 214 valence electrons. The molecule has 0 radical (unpaired) electrons. The molecule has 8 aromatic carbocycles. The Bertz CT molecular complexity index is 2790. The predicted molar refractivity (Wildman–Crippen MR) is 196 cm³/mol. The second-order valence-electron chi connectivity index (χ2n) is 12.2. The molecule has 0 aliphatic carbocycles. The summed E-state index contributed by atoms with van der Waals surface area (Å²) in [5, 5.41) is 10.1. The topological polar surface area (TPSA) is 9.86 Å². The van der Waals surface area contributed by atoms with Crippen LogP contribution in [0.3, 0.4) is 0 Å². The third kappa shape index (κ3) is 3.65. The minimum Gasteiger partial charge on any atom is -0.309 e. The second-order valence-corrected chi connectivity index (χ2v) is 12.2. The summed E-state index contributed by atoms with van der Waals surface area (Å²) in [6.07, 6.45) is 0. The maximum Gasteiger partial charge on any atom is 0.0562 e. The van der Waals surface area contributed by atoms with Crippen LogP contribution in [-0.2, 0) is 0 Å². The highest BCUT2D eigenvalue weighted by molar-refractivity contribution is 6.19. The molecule has 0 fully saturated rings. The fraction of sp³-hybridized carbons (Fsp3) is 0. The van der Waals surface area contributed by atoms with Gasteiger partial charge >= 0.3 is 0 Å². The lowest BCUT2D eigenvalue weighted by Crippen LogP contribution is -1.96. The molecule has 0 bridgehead atoms. The molecule has 2 heterocycles. The van der Waals surface area contributed by atoms with Crippen molar-refractivity contribution in [2.24, 2.45) is 0 Å². The van der Waals surface area contributed by atoms with Gasteiger partial charge in [-0.2, -0.15) is 0 Å². The summed E-state index contributed by atoms with van der Waals surface area (Å²) in [5.74, 6) is 0. The largest absolute Gasteiger partial charge is 0.309 e. The Kier molecular flexibility index (Phi) is 5.31.